The molecule has 0 aliphatic carbocycles. The molecule has 0 saturated carbocycles. The van der Waals surface area contributed by atoms with Crippen molar-refractivity contribution in [2.45, 2.75) is 26.3 Å². The lowest BCUT2D eigenvalue weighted by molar-refractivity contribution is 0.0772. The maximum absolute atomic E-state index is 12.8. The summed E-state index contributed by atoms with van der Waals surface area (Å²) in [5.41, 5.74) is 2.17. The monoisotopic (exact) mass is 378 g/mol. The lowest BCUT2D eigenvalue weighted by Crippen LogP contribution is -2.26. The number of nitrogens with zero attached hydrogens (tertiary/aromatic N) is 6. The molecule has 0 radical (unpaired) electrons. The first-order valence-corrected chi connectivity index (χ1v) is 9.34. The van der Waals surface area contributed by atoms with Crippen LogP contribution in [0.1, 0.15) is 35.0 Å². The van der Waals surface area contributed by atoms with Crippen LogP contribution in [0.3, 0.4) is 0 Å². The maximum Gasteiger partial charge on any atom is 0.254 e. The largest absolute Gasteiger partial charge is 0.424 e. The number of rotatable bonds is 5. The Morgan fingerprint density at radius 3 is 2.61 bits per heavy atom. The molecule has 1 aromatic carbocycles. The van der Waals surface area contributed by atoms with Gasteiger partial charge in [-0.15, -0.1) is 20.4 Å². The van der Waals surface area contributed by atoms with E-state index in [-0.39, 0.29) is 12.5 Å². The van der Waals surface area contributed by atoms with Gasteiger partial charge in [0.15, 0.2) is 5.82 Å². The molecule has 144 valence electrons. The van der Waals surface area contributed by atoms with Gasteiger partial charge >= 0.3 is 0 Å². The second-order valence-corrected chi connectivity index (χ2v) is 6.93. The van der Waals surface area contributed by atoms with E-state index in [0.717, 1.165) is 30.2 Å². The number of benzene rings is 1. The minimum absolute atomic E-state index is 0.126. The van der Waals surface area contributed by atoms with Gasteiger partial charge in [0.05, 0.1) is 12.2 Å². The topological polar surface area (TPSA) is 88.3 Å². The molecule has 0 atom stereocenters. The maximum atomic E-state index is 12.8. The Bertz CT molecular complexity index is 963. The first kappa shape index (κ1) is 18.1. The third kappa shape index (κ3) is 3.85. The van der Waals surface area contributed by atoms with Crippen molar-refractivity contribution in [3.8, 4) is 11.3 Å². The number of aryl methyl sites for hydroxylation is 1. The Hall–Kier alpha value is -3.29. The van der Waals surface area contributed by atoms with Crippen LogP contribution in [0.2, 0.25) is 0 Å². The zero-order chi connectivity index (χ0) is 19.5. The van der Waals surface area contributed by atoms with Crippen molar-refractivity contribution in [3.05, 3.63) is 53.7 Å². The van der Waals surface area contributed by atoms with Gasteiger partial charge in [-0.2, -0.15) is 0 Å². The number of hydrogen-bond acceptors (Lipinski definition) is 7. The summed E-state index contributed by atoms with van der Waals surface area (Å²) in [6, 6.07) is 11.3. The molecule has 8 heteroatoms. The summed E-state index contributed by atoms with van der Waals surface area (Å²) in [7, 11) is 1.71. The first-order chi connectivity index (χ1) is 13.6. The van der Waals surface area contributed by atoms with Gasteiger partial charge in [-0.3, -0.25) is 4.79 Å². The highest BCUT2D eigenvalue weighted by atomic mass is 16.4. The van der Waals surface area contributed by atoms with E-state index in [4.69, 9.17) is 4.42 Å². The molecule has 1 saturated heterocycles. The molecule has 0 spiro atoms. The van der Waals surface area contributed by atoms with Crippen LogP contribution < -0.4 is 4.90 Å². The highest BCUT2D eigenvalue weighted by Gasteiger charge is 2.17. The molecule has 2 aromatic heterocycles. The van der Waals surface area contributed by atoms with Gasteiger partial charge in [0, 0.05) is 38.2 Å². The van der Waals surface area contributed by atoms with Crippen LogP contribution in [-0.2, 0) is 6.54 Å². The Labute approximate surface area is 163 Å². The summed E-state index contributed by atoms with van der Waals surface area (Å²) in [5.74, 6) is 1.67. The van der Waals surface area contributed by atoms with Gasteiger partial charge < -0.3 is 14.2 Å². The molecule has 0 unspecified atom stereocenters. The van der Waals surface area contributed by atoms with Crippen LogP contribution in [0, 0.1) is 6.92 Å². The minimum Gasteiger partial charge on any atom is -0.424 e. The zero-order valence-corrected chi connectivity index (χ0v) is 16.0. The molecule has 1 amide bonds. The second kappa shape index (κ2) is 7.75. The normalized spacial score (nSPS) is 13.7. The smallest absolute Gasteiger partial charge is 0.254 e. The predicted molar refractivity (Wildman–Crippen MR) is 104 cm³/mol. The van der Waals surface area contributed by atoms with Crippen molar-refractivity contribution in [1.82, 2.24) is 25.3 Å². The molecule has 1 aliphatic rings. The molecule has 3 aromatic rings. The van der Waals surface area contributed by atoms with Crippen molar-refractivity contribution >= 4 is 11.7 Å². The number of carbonyl (C=O) groups is 1. The van der Waals surface area contributed by atoms with Gasteiger partial charge in [0.2, 0.25) is 11.8 Å². The summed E-state index contributed by atoms with van der Waals surface area (Å²) in [4.78, 5) is 16.6. The zero-order valence-electron chi connectivity index (χ0n) is 16.0. The molecule has 0 N–H and O–H groups in total. The van der Waals surface area contributed by atoms with E-state index < -0.39 is 0 Å². The number of amides is 1. The molecular formula is C20H22N6O2. The van der Waals surface area contributed by atoms with Crippen molar-refractivity contribution in [3.63, 3.8) is 0 Å². The Balaban J connectivity index is 1.49. The first-order valence-electron chi connectivity index (χ1n) is 9.34. The minimum atomic E-state index is -0.126. The van der Waals surface area contributed by atoms with Crippen LogP contribution in [0.25, 0.3) is 11.3 Å². The average molecular weight is 378 g/mol. The summed E-state index contributed by atoms with van der Waals surface area (Å²) >= 11 is 0. The SMILES string of the molecule is Cc1nnc(CN(C)C(=O)c2cccc(-c3ccc(N4CCCC4)nn3)c2)o1. The quantitative estimate of drug-likeness (QED) is 0.674. The fourth-order valence-electron chi connectivity index (χ4n) is 3.30. The van der Waals surface area contributed by atoms with Gasteiger partial charge in [0.25, 0.3) is 5.91 Å². The van der Waals surface area contributed by atoms with Crippen LogP contribution in [0.5, 0.6) is 0 Å². The molecule has 4 rings (SSSR count). The van der Waals surface area contributed by atoms with E-state index >= 15 is 0 Å². The van der Waals surface area contributed by atoms with Crippen LogP contribution in [0.15, 0.2) is 40.8 Å². The highest BCUT2D eigenvalue weighted by Crippen LogP contribution is 2.22. The summed E-state index contributed by atoms with van der Waals surface area (Å²) in [5, 5.41) is 16.4. The number of aromatic nitrogens is 4. The lowest BCUT2D eigenvalue weighted by Gasteiger charge is -2.16. The van der Waals surface area contributed by atoms with Gasteiger partial charge in [-0.05, 0) is 37.1 Å². The number of anilines is 1. The van der Waals surface area contributed by atoms with Gasteiger partial charge in [-0.1, -0.05) is 12.1 Å². The van der Waals surface area contributed by atoms with Crippen LogP contribution >= 0.6 is 0 Å². The van der Waals surface area contributed by atoms with Crippen molar-refractivity contribution in [2.24, 2.45) is 0 Å². The standard InChI is InChI=1S/C20H22N6O2/c1-14-21-24-19(28-14)13-25(2)20(27)16-7-5-6-15(12-16)17-8-9-18(23-22-17)26-10-3-4-11-26/h5-9,12H,3-4,10-11,13H2,1-2H3. The summed E-state index contributed by atoms with van der Waals surface area (Å²) in [6.45, 7) is 4.04. The third-order valence-corrected chi connectivity index (χ3v) is 4.77. The molecule has 8 nitrogen and oxygen atoms in total. The Morgan fingerprint density at radius 2 is 1.93 bits per heavy atom. The molecule has 1 aliphatic heterocycles. The van der Waals surface area contributed by atoms with E-state index in [1.807, 2.05) is 30.3 Å². The summed E-state index contributed by atoms with van der Waals surface area (Å²) in [6.07, 6.45) is 2.40. The average Bonchev–Trinajstić information content (AvgIpc) is 3.40. The molecule has 1 fully saturated rings. The van der Waals surface area contributed by atoms with E-state index in [0.29, 0.717) is 17.3 Å². The van der Waals surface area contributed by atoms with Crippen molar-refractivity contribution < 1.29 is 9.21 Å². The second-order valence-electron chi connectivity index (χ2n) is 6.93. The van der Waals surface area contributed by atoms with Crippen LogP contribution in [0.4, 0.5) is 5.82 Å². The molecular weight excluding hydrogens is 356 g/mol. The lowest BCUT2D eigenvalue weighted by atomic mass is 10.1. The molecule has 3 heterocycles. The van der Waals surface area contributed by atoms with Crippen molar-refractivity contribution in [2.75, 3.05) is 25.0 Å². The van der Waals surface area contributed by atoms with E-state index in [2.05, 4.69) is 25.3 Å². The van der Waals surface area contributed by atoms with Crippen LogP contribution in [-0.4, -0.2) is 51.3 Å². The summed E-state index contributed by atoms with van der Waals surface area (Å²) < 4.78 is 5.35. The van der Waals surface area contributed by atoms with Crippen molar-refractivity contribution in [1.29, 1.82) is 0 Å². The fraction of sp³-hybridized carbons (Fsp3) is 0.350. The van der Waals surface area contributed by atoms with Gasteiger partial charge in [-0.25, -0.2) is 0 Å². The number of hydrogen-bond donors (Lipinski definition) is 0. The van der Waals surface area contributed by atoms with E-state index in [1.165, 1.54) is 12.8 Å². The van der Waals surface area contributed by atoms with Gasteiger partial charge in [0.1, 0.15) is 0 Å². The highest BCUT2D eigenvalue weighted by molar-refractivity contribution is 5.95. The Kier molecular flexibility index (Phi) is 5.01. The third-order valence-electron chi connectivity index (χ3n) is 4.77. The predicted octanol–water partition coefficient (Wildman–Crippen LogP) is 2.71. The fourth-order valence-corrected chi connectivity index (χ4v) is 3.30. The molecule has 28 heavy (non-hydrogen) atoms. The molecule has 0 bridgehead atoms. The van der Waals surface area contributed by atoms with E-state index in [1.54, 1.807) is 24.9 Å². The van der Waals surface area contributed by atoms with E-state index in [9.17, 15) is 4.79 Å². The Morgan fingerprint density at radius 1 is 1.11 bits per heavy atom. The number of carbonyl (C=O) groups excluding carboxylic acids is 1.